The molecular weight excluding hydrogens is 352 g/mol. The van der Waals surface area contributed by atoms with Crippen molar-refractivity contribution in [1.82, 2.24) is 20.8 Å². The molecule has 0 aliphatic carbocycles. The Labute approximate surface area is 148 Å². The third-order valence-corrected chi connectivity index (χ3v) is 3.39. The van der Waals surface area contributed by atoms with Crippen molar-refractivity contribution in [3.63, 3.8) is 0 Å². The second-order valence-corrected chi connectivity index (χ2v) is 5.38. The zero-order valence-electron chi connectivity index (χ0n) is 14.2. The van der Waals surface area contributed by atoms with E-state index in [2.05, 4.69) is 20.8 Å². The van der Waals surface area contributed by atoms with Crippen LogP contribution in [0.15, 0.2) is 4.52 Å². The first-order chi connectivity index (χ1) is 12.2. The number of carbonyl (C=O) groups is 3. The van der Waals surface area contributed by atoms with Crippen molar-refractivity contribution < 1.29 is 33.9 Å². The molecule has 8 N–H and O–H groups in total. The predicted molar refractivity (Wildman–Crippen MR) is 84.4 cm³/mol. The number of nitrogens with one attached hydrogen (secondary N) is 2. The molecular formula is C13H22N6O7. The minimum Gasteiger partial charge on any atom is -0.480 e. The van der Waals surface area contributed by atoms with E-state index < -0.39 is 48.7 Å². The van der Waals surface area contributed by atoms with Gasteiger partial charge in [0.1, 0.15) is 6.04 Å². The Bertz CT molecular complexity index is 636. The average molecular weight is 374 g/mol. The van der Waals surface area contributed by atoms with E-state index in [1.807, 2.05) is 0 Å². The largest absolute Gasteiger partial charge is 0.480 e. The van der Waals surface area contributed by atoms with Crippen LogP contribution in [0.4, 0.5) is 4.79 Å². The summed E-state index contributed by atoms with van der Waals surface area (Å²) in [6, 6.07) is -4.28. The molecule has 13 heteroatoms. The molecule has 26 heavy (non-hydrogen) atoms. The van der Waals surface area contributed by atoms with Gasteiger partial charge >= 0.3 is 12.0 Å². The molecule has 0 aliphatic heterocycles. The SMILES string of the molecule is COC(C)C(NC(=O)N[C@@H](CC(N)=O)c1nc([C@@H](N)CO)no1)C(=O)O. The number of hydrogen-bond acceptors (Lipinski definition) is 9. The Morgan fingerprint density at radius 3 is 2.50 bits per heavy atom. The number of aromatic nitrogens is 2. The summed E-state index contributed by atoms with van der Waals surface area (Å²) < 4.78 is 9.82. The van der Waals surface area contributed by atoms with E-state index in [1.54, 1.807) is 0 Å². The summed E-state index contributed by atoms with van der Waals surface area (Å²) in [4.78, 5) is 38.4. The highest BCUT2D eigenvalue weighted by Crippen LogP contribution is 2.16. The molecule has 146 valence electrons. The fraction of sp³-hybridized carbons (Fsp3) is 0.615. The number of carboxylic acid groups (broad SMARTS) is 1. The first-order valence-corrected chi connectivity index (χ1v) is 7.50. The minimum atomic E-state index is -1.34. The van der Waals surface area contributed by atoms with E-state index in [0.717, 1.165) is 0 Å². The van der Waals surface area contributed by atoms with E-state index in [-0.39, 0.29) is 18.1 Å². The number of aliphatic carboxylic acids is 1. The molecule has 0 aromatic carbocycles. The van der Waals surface area contributed by atoms with Crippen molar-refractivity contribution in [2.45, 2.75) is 37.6 Å². The number of carbonyl (C=O) groups excluding carboxylic acids is 2. The number of urea groups is 1. The summed E-state index contributed by atoms with van der Waals surface area (Å²) in [7, 11) is 1.29. The zero-order valence-corrected chi connectivity index (χ0v) is 14.2. The van der Waals surface area contributed by atoms with Gasteiger partial charge in [0.15, 0.2) is 11.9 Å². The molecule has 2 unspecified atom stereocenters. The molecule has 4 atom stereocenters. The van der Waals surface area contributed by atoms with Crippen LogP contribution in [0.5, 0.6) is 0 Å². The van der Waals surface area contributed by atoms with E-state index in [4.69, 9.17) is 30.9 Å². The van der Waals surface area contributed by atoms with Gasteiger partial charge in [0.05, 0.1) is 25.2 Å². The van der Waals surface area contributed by atoms with E-state index in [9.17, 15) is 14.4 Å². The zero-order chi connectivity index (χ0) is 19.9. The highest BCUT2D eigenvalue weighted by molar-refractivity contribution is 5.83. The van der Waals surface area contributed by atoms with Crippen LogP contribution in [0, 0.1) is 0 Å². The number of rotatable bonds is 10. The van der Waals surface area contributed by atoms with Crippen molar-refractivity contribution in [2.24, 2.45) is 11.5 Å². The summed E-state index contributed by atoms with van der Waals surface area (Å²) in [6.07, 6.45) is -1.20. The lowest BCUT2D eigenvalue weighted by Gasteiger charge is -2.21. The molecule has 1 aromatic rings. The predicted octanol–water partition coefficient (Wildman–Crippen LogP) is -2.23. The third kappa shape index (κ3) is 5.94. The monoisotopic (exact) mass is 374 g/mol. The molecule has 0 bridgehead atoms. The molecule has 13 nitrogen and oxygen atoms in total. The lowest BCUT2D eigenvalue weighted by molar-refractivity contribution is -0.142. The van der Waals surface area contributed by atoms with Crippen molar-refractivity contribution in [3.05, 3.63) is 11.7 Å². The van der Waals surface area contributed by atoms with Gasteiger partial charge in [0.25, 0.3) is 0 Å². The van der Waals surface area contributed by atoms with Gasteiger partial charge in [-0.15, -0.1) is 0 Å². The smallest absolute Gasteiger partial charge is 0.328 e. The Hall–Kier alpha value is -2.77. The van der Waals surface area contributed by atoms with Crippen LogP contribution < -0.4 is 22.1 Å². The number of nitrogens with two attached hydrogens (primary N) is 2. The first-order valence-electron chi connectivity index (χ1n) is 7.50. The quantitative estimate of drug-likeness (QED) is 0.259. The van der Waals surface area contributed by atoms with Gasteiger partial charge in [-0.2, -0.15) is 4.98 Å². The second kappa shape index (κ2) is 9.65. The minimum absolute atomic E-state index is 0.0319. The van der Waals surface area contributed by atoms with Gasteiger partial charge in [-0.25, -0.2) is 9.59 Å². The number of ether oxygens (including phenoxy) is 1. The number of methoxy groups -OCH3 is 1. The van der Waals surface area contributed by atoms with E-state index in [1.165, 1.54) is 14.0 Å². The van der Waals surface area contributed by atoms with Gasteiger partial charge in [-0.3, -0.25) is 4.79 Å². The fourth-order valence-electron chi connectivity index (χ4n) is 1.88. The summed E-state index contributed by atoms with van der Waals surface area (Å²) in [5.74, 6) is -2.29. The van der Waals surface area contributed by atoms with Crippen LogP contribution in [0.2, 0.25) is 0 Å². The number of hydrogen-bond donors (Lipinski definition) is 6. The normalized spacial score (nSPS) is 15.5. The Morgan fingerprint density at radius 2 is 2.00 bits per heavy atom. The molecule has 0 saturated heterocycles. The van der Waals surface area contributed by atoms with E-state index >= 15 is 0 Å². The van der Waals surface area contributed by atoms with Crippen LogP contribution in [-0.4, -0.2) is 64.1 Å². The number of aliphatic hydroxyl groups is 1. The van der Waals surface area contributed by atoms with E-state index in [0.29, 0.717) is 0 Å². The van der Waals surface area contributed by atoms with Gasteiger partial charge in [-0.1, -0.05) is 5.16 Å². The van der Waals surface area contributed by atoms with Gasteiger partial charge in [0, 0.05) is 7.11 Å². The molecule has 0 saturated carbocycles. The summed E-state index contributed by atoms with van der Waals surface area (Å²) in [6.45, 7) is 1.02. The number of aliphatic hydroxyl groups excluding tert-OH is 1. The standard InChI is InChI=1S/C13H22N6O7/c1-5(25-2)9(12(22)23)17-13(24)16-7(3-8(15)21)11-18-10(19-26-11)6(14)4-20/h5-7,9,20H,3-4,14H2,1-2H3,(H2,15,21)(H,22,23)(H2,16,17,24)/t5?,6-,7-,9?/m0/s1. The Balaban J connectivity index is 2.90. The summed E-state index contributed by atoms with van der Waals surface area (Å²) in [5.41, 5.74) is 10.7. The second-order valence-electron chi connectivity index (χ2n) is 5.38. The molecule has 1 aromatic heterocycles. The number of nitrogens with zero attached hydrogens (tertiary/aromatic N) is 2. The lowest BCUT2D eigenvalue weighted by atomic mass is 10.2. The maximum absolute atomic E-state index is 12.1. The Kier molecular flexibility index (Phi) is 7.89. The highest BCUT2D eigenvalue weighted by Gasteiger charge is 2.29. The summed E-state index contributed by atoms with van der Waals surface area (Å²) in [5, 5.41) is 26.2. The highest BCUT2D eigenvalue weighted by atomic mass is 16.5. The van der Waals surface area contributed by atoms with Gasteiger partial charge < -0.3 is 41.6 Å². The van der Waals surface area contributed by atoms with Crippen molar-refractivity contribution in [2.75, 3.05) is 13.7 Å². The lowest BCUT2D eigenvalue weighted by Crippen LogP contribution is -2.52. The molecule has 0 fully saturated rings. The van der Waals surface area contributed by atoms with Crippen molar-refractivity contribution in [1.29, 1.82) is 0 Å². The van der Waals surface area contributed by atoms with Crippen molar-refractivity contribution in [3.8, 4) is 0 Å². The third-order valence-electron chi connectivity index (χ3n) is 3.39. The molecule has 1 heterocycles. The van der Waals surface area contributed by atoms with Gasteiger partial charge in [0.2, 0.25) is 11.8 Å². The number of amides is 3. The first kappa shape index (κ1) is 21.3. The van der Waals surface area contributed by atoms with Crippen LogP contribution in [-0.2, 0) is 14.3 Å². The van der Waals surface area contributed by atoms with Crippen LogP contribution in [0.3, 0.4) is 0 Å². The number of carboxylic acids is 1. The molecule has 0 spiro atoms. The topological polar surface area (TPSA) is 216 Å². The Morgan fingerprint density at radius 1 is 1.35 bits per heavy atom. The average Bonchev–Trinajstić information content (AvgIpc) is 3.07. The van der Waals surface area contributed by atoms with Crippen molar-refractivity contribution >= 4 is 17.9 Å². The van der Waals surface area contributed by atoms with Crippen LogP contribution in [0.1, 0.15) is 37.1 Å². The number of primary amides is 1. The molecule has 1 rings (SSSR count). The fourth-order valence-corrected chi connectivity index (χ4v) is 1.88. The summed E-state index contributed by atoms with van der Waals surface area (Å²) >= 11 is 0. The van der Waals surface area contributed by atoms with Crippen LogP contribution in [0.25, 0.3) is 0 Å². The van der Waals surface area contributed by atoms with Gasteiger partial charge in [-0.05, 0) is 6.92 Å². The maximum Gasteiger partial charge on any atom is 0.328 e. The maximum atomic E-state index is 12.1. The molecule has 0 radical (unpaired) electrons. The molecule has 0 aliphatic rings. The van der Waals surface area contributed by atoms with Crippen LogP contribution >= 0.6 is 0 Å². The molecule has 3 amide bonds.